The van der Waals surface area contributed by atoms with E-state index in [2.05, 4.69) is 24.8 Å². The summed E-state index contributed by atoms with van der Waals surface area (Å²) in [5.74, 6) is 0.379. The van der Waals surface area contributed by atoms with Crippen molar-refractivity contribution < 1.29 is 14.6 Å². The van der Waals surface area contributed by atoms with Crippen LogP contribution < -0.4 is 10.9 Å². The largest absolute Gasteiger partial charge is 0.480 e. The highest BCUT2D eigenvalue weighted by molar-refractivity contribution is 5.81. The van der Waals surface area contributed by atoms with E-state index in [9.17, 15) is 14.7 Å². The molecule has 3 aromatic heterocycles. The Morgan fingerprint density at radius 1 is 1.28 bits per heavy atom. The van der Waals surface area contributed by atoms with Crippen LogP contribution in [0.2, 0.25) is 0 Å². The third kappa shape index (κ3) is 5.24. The van der Waals surface area contributed by atoms with Crippen LogP contribution in [0.4, 0.5) is 0 Å². The summed E-state index contributed by atoms with van der Waals surface area (Å²) in [4.78, 5) is 38.4. The Balaban J connectivity index is 1.44. The molecule has 36 heavy (non-hydrogen) atoms. The lowest BCUT2D eigenvalue weighted by atomic mass is 10.00. The van der Waals surface area contributed by atoms with Crippen molar-refractivity contribution >= 4 is 17.0 Å². The van der Waals surface area contributed by atoms with E-state index in [1.807, 2.05) is 24.3 Å². The molecule has 0 aliphatic carbocycles. The van der Waals surface area contributed by atoms with Crippen molar-refractivity contribution in [1.82, 2.24) is 29.8 Å². The zero-order valence-electron chi connectivity index (χ0n) is 20.2. The van der Waals surface area contributed by atoms with Gasteiger partial charge in [0.05, 0.1) is 17.4 Å². The second-order valence-corrected chi connectivity index (χ2v) is 9.38. The van der Waals surface area contributed by atoms with Crippen LogP contribution in [-0.2, 0) is 29.0 Å². The van der Waals surface area contributed by atoms with E-state index in [4.69, 9.17) is 9.72 Å². The molecule has 1 atom stereocenters. The maximum absolute atomic E-state index is 11.9. The van der Waals surface area contributed by atoms with E-state index < -0.39 is 12.0 Å². The number of pyridine rings is 1. The van der Waals surface area contributed by atoms with Crippen molar-refractivity contribution in [2.24, 2.45) is 5.92 Å². The van der Waals surface area contributed by atoms with E-state index in [0.29, 0.717) is 24.4 Å². The molecule has 188 valence electrons. The first-order valence-electron chi connectivity index (χ1n) is 12.2. The van der Waals surface area contributed by atoms with Gasteiger partial charge in [-0.05, 0) is 49.4 Å². The number of H-pyrrole nitrogens is 2. The molecule has 10 nitrogen and oxygen atoms in total. The van der Waals surface area contributed by atoms with Crippen LogP contribution in [0.25, 0.3) is 22.4 Å². The van der Waals surface area contributed by atoms with E-state index in [1.54, 1.807) is 25.6 Å². The summed E-state index contributed by atoms with van der Waals surface area (Å²) in [7, 11) is 0. The number of aryl methyl sites for hydroxylation is 1. The summed E-state index contributed by atoms with van der Waals surface area (Å²) in [5.41, 5.74) is 4.94. The van der Waals surface area contributed by atoms with Crippen LogP contribution >= 0.6 is 0 Å². The van der Waals surface area contributed by atoms with Crippen molar-refractivity contribution in [2.75, 3.05) is 13.2 Å². The Kier molecular flexibility index (Phi) is 6.97. The lowest BCUT2D eigenvalue weighted by molar-refractivity contribution is -0.139. The molecule has 0 radical (unpaired) electrons. The van der Waals surface area contributed by atoms with Gasteiger partial charge in [0.15, 0.2) is 0 Å². The molecule has 0 saturated carbocycles. The molecule has 4 aromatic rings. The molecular formula is C26H30N6O4. The highest BCUT2D eigenvalue weighted by Gasteiger charge is 2.21. The zero-order valence-corrected chi connectivity index (χ0v) is 20.2. The number of aliphatic carboxylic acids is 1. The van der Waals surface area contributed by atoms with Gasteiger partial charge in [-0.2, -0.15) is 0 Å². The number of imidazole rings is 2. The summed E-state index contributed by atoms with van der Waals surface area (Å²) in [6.45, 7) is 4.53. The summed E-state index contributed by atoms with van der Waals surface area (Å²) in [6, 6.07) is 7.18. The fourth-order valence-electron chi connectivity index (χ4n) is 4.71. The Labute approximate surface area is 207 Å². The third-order valence-electron chi connectivity index (χ3n) is 6.77. The number of hydrogen-bond acceptors (Lipinski definition) is 6. The highest BCUT2D eigenvalue weighted by atomic mass is 16.5. The molecule has 1 saturated heterocycles. The van der Waals surface area contributed by atoms with E-state index in [1.165, 1.54) is 0 Å². The minimum atomic E-state index is -0.915. The number of aromatic nitrogens is 5. The van der Waals surface area contributed by atoms with Gasteiger partial charge in [-0.1, -0.05) is 6.07 Å². The molecule has 0 unspecified atom stereocenters. The number of rotatable bonds is 9. The second kappa shape index (κ2) is 10.5. The quantitative estimate of drug-likeness (QED) is 0.283. The normalized spacial score (nSPS) is 15.4. The Morgan fingerprint density at radius 2 is 2.11 bits per heavy atom. The summed E-state index contributed by atoms with van der Waals surface area (Å²) in [5, 5.41) is 12.8. The van der Waals surface area contributed by atoms with Gasteiger partial charge in [0.2, 0.25) is 0 Å². The average molecular weight is 491 g/mol. The summed E-state index contributed by atoms with van der Waals surface area (Å²) < 4.78 is 7.77. The first kappa shape index (κ1) is 24.0. The number of ether oxygens (including phenoxy) is 1. The van der Waals surface area contributed by atoms with Crippen molar-refractivity contribution in [3.63, 3.8) is 0 Å². The van der Waals surface area contributed by atoms with Crippen molar-refractivity contribution in [3.05, 3.63) is 70.2 Å². The number of hydrogen-bond donors (Lipinski definition) is 4. The topological polar surface area (TPSA) is 138 Å². The number of nitrogens with one attached hydrogen (secondary N) is 3. The lowest BCUT2D eigenvalue weighted by Gasteiger charge is -2.23. The Bertz CT molecular complexity index is 1400. The molecule has 5 rings (SSSR count). The van der Waals surface area contributed by atoms with Crippen LogP contribution in [0, 0.1) is 12.8 Å². The molecule has 0 amide bonds. The lowest BCUT2D eigenvalue weighted by Crippen LogP contribution is -2.38. The number of nitrogens with zero attached hydrogens (tertiary/aromatic N) is 3. The van der Waals surface area contributed by atoms with Crippen LogP contribution in [-0.4, -0.2) is 54.8 Å². The average Bonchev–Trinajstić information content (AvgIpc) is 3.52. The van der Waals surface area contributed by atoms with Gasteiger partial charge in [0, 0.05) is 61.9 Å². The molecular weight excluding hydrogens is 460 g/mol. The maximum Gasteiger partial charge on any atom is 0.321 e. The highest BCUT2D eigenvalue weighted by Crippen LogP contribution is 2.28. The summed E-state index contributed by atoms with van der Waals surface area (Å²) in [6.07, 6.45) is 7.20. The van der Waals surface area contributed by atoms with Crippen molar-refractivity contribution in [2.45, 2.75) is 45.3 Å². The molecule has 4 N–H and O–H groups in total. The predicted octanol–water partition coefficient (Wildman–Crippen LogP) is 2.64. The first-order valence-corrected chi connectivity index (χ1v) is 12.2. The first-order chi connectivity index (χ1) is 17.5. The smallest absolute Gasteiger partial charge is 0.321 e. The fourth-order valence-corrected chi connectivity index (χ4v) is 4.71. The van der Waals surface area contributed by atoms with Gasteiger partial charge in [-0.15, -0.1) is 0 Å². The van der Waals surface area contributed by atoms with E-state index in [0.717, 1.165) is 66.3 Å². The van der Waals surface area contributed by atoms with Gasteiger partial charge in [0.25, 0.3) is 5.56 Å². The minimum absolute atomic E-state index is 0.109. The van der Waals surface area contributed by atoms with Crippen LogP contribution in [0.15, 0.2) is 47.8 Å². The van der Waals surface area contributed by atoms with Gasteiger partial charge in [0.1, 0.15) is 11.9 Å². The van der Waals surface area contributed by atoms with Gasteiger partial charge in [-0.3, -0.25) is 14.9 Å². The van der Waals surface area contributed by atoms with E-state index in [-0.39, 0.29) is 5.56 Å². The maximum atomic E-state index is 11.9. The molecule has 0 bridgehead atoms. The van der Waals surface area contributed by atoms with Crippen LogP contribution in [0.3, 0.4) is 0 Å². The van der Waals surface area contributed by atoms with Crippen molar-refractivity contribution in [3.8, 4) is 11.4 Å². The van der Waals surface area contributed by atoms with Gasteiger partial charge >= 0.3 is 5.97 Å². The predicted molar refractivity (Wildman–Crippen MR) is 135 cm³/mol. The number of fused-ring (bicyclic) bond motifs is 1. The fraction of sp³-hybridized carbons (Fsp3) is 0.385. The molecule has 4 heterocycles. The second-order valence-electron chi connectivity index (χ2n) is 9.38. The molecule has 1 aliphatic heterocycles. The van der Waals surface area contributed by atoms with E-state index >= 15 is 0 Å². The molecule has 0 spiro atoms. The van der Waals surface area contributed by atoms with Crippen LogP contribution in [0.1, 0.15) is 29.7 Å². The number of carboxylic acid groups (broad SMARTS) is 1. The number of carbonyl (C=O) groups is 1. The minimum Gasteiger partial charge on any atom is -0.480 e. The zero-order chi connectivity index (χ0) is 25.1. The molecule has 1 aliphatic rings. The standard InChI is InChI=1S/C26H30N6O4/c1-16-8-19(12-29-25(16)33)24-31-21-9-18(11-28-22(26(34)35)10-20-13-27-15-30-20)2-3-23(21)32(24)14-17-4-6-36-7-5-17/h2-3,8-9,12-13,15,17,22,28H,4-7,10-11,14H2,1H3,(H,27,30)(H,29,33)(H,34,35)/t22-/m0/s1. The molecule has 1 fully saturated rings. The molecule has 1 aromatic carbocycles. The number of aromatic amines is 2. The number of benzene rings is 1. The number of carboxylic acids is 1. The Hall–Kier alpha value is -3.76. The third-order valence-corrected chi connectivity index (χ3v) is 6.77. The van der Waals surface area contributed by atoms with Gasteiger partial charge < -0.3 is 24.4 Å². The summed E-state index contributed by atoms with van der Waals surface area (Å²) >= 11 is 0. The molecule has 10 heteroatoms. The van der Waals surface area contributed by atoms with Crippen LogP contribution in [0.5, 0.6) is 0 Å². The SMILES string of the molecule is Cc1cc(-c2nc3cc(CN[C@@H](Cc4cnc[nH]4)C(=O)O)ccc3n2CC2CCOCC2)c[nH]c1=O. The monoisotopic (exact) mass is 490 g/mol. The van der Waals surface area contributed by atoms with Gasteiger partial charge in [-0.25, -0.2) is 9.97 Å². The Morgan fingerprint density at radius 3 is 2.83 bits per heavy atom. The van der Waals surface area contributed by atoms with Crippen molar-refractivity contribution in [1.29, 1.82) is 0 Å².